The molecule has 0 fully saturated rings. The Morgan fingerprint density at radius 1 is 1.42 bits per heavy atom. The maximum atomic E-state index is 11.9. The summed E-state index contributed by atoms with van der Waals surface area (Å²) in [6, 6.07) is 8.06. The molecule has 0 aliphatic rings. The number of carbonyl (C=O) groups excluding carboxylic acids is 1. The number of aromatic amines is 1. The highest BCUT2D eigenvalue weighted by Crippen LogP contribution is 2.13. The first-order valence-electron chi connectivity index (χ1n) is 6.12. The molecule has 0 aliphatic heterocycles. The van der Waals surface area contributed by atoms with Crippen LogP contribution in [-0.2, 0) is 6.54 Å². The number of aryl methyl sites for hydroxylation is 1. The lowest BCUT2D eigenvalue weighted by Crippen LogP contribution is -2.23. The Bertz CT molecular complexity index is 574. The summed E-state index contributed by atoms with van der Waals surface area (Å²) in [5.74, 6) is 0.593. The van der Waals surface area contributed by atoms with Crippen molar-refractivity contribution in [2.75, 3.05) is 19.0 Å². The highest BCUT2D eigenvalue weighted by molar-refractivity contribution is 5.92. The van der Waals surface area contributed by atoms with Crippen LogP contribution in [0, 0.1) is 6.92 Å². The molecule has 2 rings (SSSR count). The van der Waals surface area contributed by atoms with Gasteiger partial charge in [-0.3, -0.25) is 4.79 Å². The van der Waals surface area contributed by atoms with Crippen LogP contribution in [0.4, 0.5) is 5.69 Å². The number of hydrogen-bond acceptors (Lipinski definition) is 3. The van der Waals surface area contributed by atoms with Gasteiger partial charge in [0, 0.05) is 26.3 Å². The molecule has 0 atom stereocenters. The van der Waals surface area contributed by atoms with Gasteiger partial charge in [0.1, 0.15) is 11.5 Å². The summed E-state index contributed by atoms with van der Waals surface area (Å²) >= 11 is 0. The molecule has 1 heterocycles. The van der Waals surface area contributed by atoms with E-state index in [1.54, 1.807) is 6.20 Å². The van der Waals surface area contributed by atoms with Gasteiger partial charge in [-0.25, -0.2) is 4.98 Å². The molecule has 1 amide bonds. The Hall–Kier alpha value is -2.30. The van der Waals surface area contributed by atoms with Crippen molar-refractivity contribution < 1.29 is 4.79 Å². The number of benzene rings is 1. The summed E-state index contributed by atoms with van der Waals surface area (Å²) < 4.78 is 0. The molecule has 5 nitrogen and oxygen atoms in total. The van der Waals surface area contributed by atoms with E-state index in [1.165, 1.54) is 0 Å². The SMILES string of the molecule is Cc1ncc(C(=O)NCc2cccc(N(C)C)c2)[nH]1. The molecule has 0 saturated carbocycles. The van der Waals surface area contributed by atoms with Gasteiger partial charge < -0.3 is 15.2 Å². The first-order valence-corrected chi connectivity index (χ1v) is 6.12. The quantitative estimate of drug-likeness (QED) is 0.877. The number of imidazole rings is 1. The van der Waals surface area contributed by atoms with Crippen molar-refractivity contribution in [3.8, 4) is 0 Å². The third-order valence-corrected chi connectivity index (χ3v) is 2.83. The number of amides is 1. The van der Waals surface area contributed by atoms with Crippen molar-refractivity contribution in [1.82, 2.24) is 15.3 Å². The predicted molar refractivity (Wildman–Crippen MR) is 75.3 cm³/mol. The fourth-order valence-electron chi connectivity index (χ4n) is 1.76. The van der Waals surface area contributed by atoms with Crippen LogP contribution in [0.1, 0.15) is 21.9 Å². The zero-order valence-corrected chi connectivity index (χ0v) is 11.4. The molecule has 0 radical (unpaired) electrons. The van der Waals surface area contributed by atoms with Crippen molar-refractivity contribution in [3.63, 3.8) is 0 Å². The summed E-state index contributed by atoms with van der Waals surface area (Å²) in [6.45, 7) is 2.32. The fourth-order valence-corrected chi connectivity index (χ4v) is 1.76. The van der Waals surface area contributed by atoms with Crippen molar-refractivity contribution >= 4 is 11.6 Å². The van der Waals surface area contributed by atoms with Crippen LogP contribution in [0.2, 0.25) is 0 Å². The normalized spacial score (nSPS) is 10.3. The number of rotatable bonds is 4. The maximum absolute atomic E-state index is 11.9. The number of anilines is 1. The Morgan fingerprint density at radius 2 is 2.21 bits per heavy atom. The van der Waals surface area contributed by atoms with Gasteiger partial charge in [-0.05, 0) is 24.6 Å². The number of nitrogens with zero attached hydrogens (tertiary/aromatic N) is 2. The molecular formula is C14H18N4O. The second kappa shape index (κ2) is 5.56. The van der Waals surface area contributed by atoms with E-state index < -0.39 is 0 Å². The minimum absolute atomic E-state index is 0.143. The Balaban J connectivity index is 1.99. The molecule has 0 spiro atoms. The second-order valence-electron chi connectivity index (χ2n) is 4.63. The zero-order valence-electron chi connectivity index (χ0n) is 11.4. The lowest BCUT2D eigenvalue weighted by molar-refractivity contribution is 0.0946. The molecule has 0 unspecified atom stereocenters. The number of carbonyl (C=O) groups is 1. The van der Waals surface area contributed by atoms with Crippen molar-refractivity contribution in [2.45, 2.75) is 13.5 Å². The van der Waals surface area contributed by atoms with Crippen molar-refractivity contribution in [3.05, 3.63) is 47.5 Å². The summed E-state index contributed by atoms with van der Waals surface area (Å²) in [4.78, 5) is 20.8. The number of H-pyrrole nitrogens is 1. The number of aromatic nitrogens is 2. The third kappa shape index (κ3) is 3.34. The van der Waals surface area contributed by atoms with Gasteiger partial charge in [0.2, 0.25) is 0 Å². The van der Waals surface area contributed by atoms with Crippen molar-refractivity contribution in [1.29, 1.82) is 0 Å². The van der Waals surface area contributed by atoms with Crippen LogP contribution in [-0.4, -0.2) is 30.0 Å². The average molecular weight is 258 g/mol. The largest absolute Gasteiger partial charge is 0.378 e. The van der Waals surface area contributed by atoms with E-state index in [1.807, 2.05) is 44.1 Å². The lowest BCUT2D eigenvalue weighted by Gasteiger charge is -2.13. The van der Waals surface area contributed by atoms with E-state index in [2.05, 4.69) is 21.4 Å². The molecule has 0 bridgehead atoms. The van der Waals surface area contributed by atoms with Crippen LogP contribution in [0.15, 0.2) is 30.5 Å². The van der Waals surface area contributed by atoms with E-state index >= 15 is 0 Å². The molecular weight excluding hydrogens is 240 g/mol. The average Bonchev–Trinajstić information content (AvgIpc) is 2.83. The smallest absolute Gasteiger partial charge is 0.269 e. The van der Waals surface area contributed by atoms with Crippen LogP contribution in [0.25, 0.3) is 0 Å². The maximum Gasteiger partial charge on any atom is 0.269 e. The van der Waals surface area contributed by atoms with E-state index in [0.29, 0.717) is 12.2 Å². The van der Waals surface area contributed by atoms with Crippen LogP contribution in [0.3, 0.4) is 0 Å². The van der Waals surface area contributed by atoms with E-state index in [4.69, 9.17) is 0 Å². The highest BCUT2D eigenvalue weighted by atomic mass is 16.1. The molecule has 2 N–H and O–H groups in total. The first kappa shape index (κ1) is 13.1. The van der Waals surface area contributed by atoms with Crippen molar-refractivity contribution in [2.24, 2.45) is 0 Å². The lowest BCUT2D eigenvalue weighted by atomic mass is 10.2. The van der Waals surface area contributed by atoms with Gasteiger partial charge in [0.25, 0.3) is 5.91 Å². The Morgan fingerprint density at radius 3 is 2.84 bits per heavy atom. The molecule has 1 aromatic heterocycles. The minimum atomic E-state index is -0.143. The molecule has 0 saturated heterocycles. The summed E-state index contributed by atoms with van der Waals surface area (Å²) in [6.07, 6.45) is 1.54. The summed E-state index contributed by atoms with van der Waals surface area (Å²) in [7, 11) is 3.98. The monoisotopic (exact) mass is 258 g/mol. The van der Waals surface area contributed by atoms with E-state index in [-0.39, 0.29) is 5.91 Å². The van der Waals surface area contributed by atoms with E-state index in [9.17, 15) is 4.79 Å². The first-order chi connectivity index (χ1) is 9.06. The van der Waals surface area contributed by atoms with Gasteiger partial charge in [0.15, 0.2) is 0 Å². The predicted octanol–water partition coefficient (Wildman–Crippen LogP) is 1.71. The van der Waals surface area contributed by atoms with Gasteiger partial charge in [-0.15, -0.1) is 0 Å². The fraction of sp³-hybridized carbons (Fsp3) is 0.286. The van der Waals surface area contributed by atoms with Gasteiger partial charge in [-0.2, -0.15) is 0 Å². The second-order valence-corrected chi connectivity index (χ2v) is 4.63. The number of nitrogens with one attached hydrogen (secondary N) is 2. The van der Waals surface area contributed by atoms with Crippen LogP contribution < -0.4 is 10.2 Å². The number of hydrogen-bond donors (Lipinski definition) is 2. The zero-order chi connectivity index (χ0) is 13.8. The third-order valence-electron chi connectivity index (χ3n) is 2.83. The Labute approximate surface area is 112 Å². The molecule has 100 valence electrons. The standard InChI is InChI=1S/C14H18N4O/c1-10-15-9-13(17-10)14(19)16-8-11-5-4-6-12(7-11)18(2)3/h4-7,9H,8H2,1-3H3,(H,15,17)(H,16,19). The van der Waals surface area contributed by atoms with E-state index in [0.717, 1.165) is 17.1 Å². The Kier molecular flexibility index (Phi) is 3.85. The molecule has 0 aliphatic carbocycles. The molecule has 19 heavy (non-hydrogen) atoms. The topological polar surface area (TPSA) is 61.0 Å². The van der Waals surface area contributed by atoms with Gasteiger partial charge in [-0.1, -0.05) is 12.1 Å². The molecule has 5 heteroatoms. The van der Waals surface area contributed by atoms with Crippen LogP contribution >= 0.6 is 0 Å². The highest BCUT2D eigenvalue weighted by Gasteiger charge is 2.07. The molecule has 1 aromatic carbocycles. The molecule has 2 aromatic rings. The van der Waals surface area contributed by atoms with Gasteiger partial charge in [0.05, 0.1) is 6.20 Å². The van der Waals surface area contributed by atoms with Gasteiger partial charge >= 0.3 is 0 Å². The van der Waals surface area contributed by atoms with Crippen LogP contribution in [0.5, 0.6) is 0 Å². The summed E-state index contributed by atoms with van der Waals surface area (Å²) in [5, 5.41) is 2.87. The minimum Gasteiger partial charge on any atom is -0.378 e. The summed E-state index contributed by atoms with van der Waals surface area (Å²) in [5.41, 5.74) is 2.67.